The number of carbonyl (C=O) groups excluding carboxylic acids is 1. The van der Waals surface area contributed by atoms with Crippen LogP contribution in [0.15, 0.2) is 12.1 Å². The molecule has 1 rings (SSSR count). The highest BCUT2D eigenvalue weighted by atomic mass is 19.1. The molecular formula is C12H16FN3O3. The molecule has 0 aliphatic rings. The third-order valence-corrected chi connectivity index (χ3v) is 2.86. The lowest BCUT2D eigenvalue weighted by atomic mass is 9.92. The highest BCUT2D eigenvalue weighted by molar-refractivity contribution is 5.80. The molecule has 0 aliphatic carbocycles. The number of hydrogen-bond acceptors (Lipinski definition) is 4. The molecule has 0 radical (unpaired) electrons. The van der Waals surface area contributed by atoms with E-state index < -0.39 is 22.1 Å². The van der Waals surface area contributed by atoms with E-state index in [4.69, 9.17) is 5.73 Å². The van der Waals surface area contributed by atoms with Crippen LogP contribution in [0.2, 0.25) is 0 Å². The molecule has 1 aromatic carbocycles. The third kappa shape index (κ3) is 3.40. The number of nitro groups is 1. The summed E-state index contributed by atoms with van der Waals surface area (Å²) in [6.45, 7) is 4.85. The molecule has 0 fully saturated rings. The maximum Gasteiger partial charge on any atom is 0.295 e. The quantitative estimate of drug-likeness (QED) is 0.630. The molecular weight excluding hydrogens is 253 g/mol. The van der Waals surface area contributed by atoms with Crippen molar-refractivity contribution in [3.05, 3.63) is 33.6 Å². The molecule has 104 valence electrons. The summed E-state index contributed by atoms with van der Waals surface area (Å²) in [5.74, 6) is -1.17. The van der Waals surface area contributed by atoms with Crippen LogP contribution >= 0.6 is 0 Å². The Bertz CT molecular complexity index is 529. The maximum absolute atomic E-state index is 13.3. The number of halogens is 1. The van der Waals surface area contributed by atoms with Crippen molar-refractivity contribution in [3.63, 3.8) is 0 Å². The lowest BCUT2D eigenvalue weighted by molar-refractivity contribution is -0.384. The number of benzene rings is 1. The molecule has 0 atom stereocenters. The highest BCUT2D eigenvalue weighted by Crippen LogP contribution is 2.28. The van der Waals surface area contributed by atoms with E-state index in [1.54, 1.807) is 13.8 Å². The Labute approximate surface area is 109 Å². The molecule has 0 heterocycles. The van der Waals surface area contributed by atoms with Crippen molar-refractivity contribution in [2.45, 2.75) is 20.8 Å². The van der Waals surface area contributed by atoms with E-state index in [1.165, 1.54) is 13.0 Å². The highest BCUT2D eigenvalue weighted by Gasteiger charge is 2.26. The van der Waals surface area contributed by atoms with Crippen LogP contribution in [0.25, 0.3) is 0 Å². The van der Waals surface area contributed by atoms with Gasteiger partial charge in [0.05, 0.1) is 16.4 Å². The number of nitrogens with zero attached hydrogens (tertiary/aromatic N) is 1. The Morgan fingerprint density at radius 2 is 2.11 bits per heavy atom. The fourth-order valence-electron chi connectivity index (χ4n) is 1.37. The second kappa shape index (κ2) is 5.21. The average Bonchev–Trinajstić information content (AvgIpc) is 2.29. The fourth-order valence-corrected chi connectivity index (χ4v) is 1.37. The van der Waals surface area contributed by atoms with Gasteiger partial charge in [-0.25, -0.2) is 4.39 Å². The molecule has 0 unspecified atom stereocenters. The van der Waals surface area contributed by atoms with Crippen molar-refractivity contribution in [1.29, 1.82) is 0 Å². The zero-order valence-electron chi connectivity index (χ0n) is 11.0. The summed E-state index contributed by atoms with van der Waals surface area (Å²) in [7, 11) is 0. The van der Waals surface area contributed by atoms with Crippen molar-refractivity contribution >= 4 is 17.3 Å². The van der Waals surface area contributed by atoms with E-state index >= 15 is 0 Å². The molecule has 0 saturated carbocycles. The summed E-state index contributed by atoms with van der Waals surface area (Å²) in [6.07, 6.45) is 0. The molecule has 3 N–H and O–H groups in total. The van der Waals surface area contributed by atoms with Crippen LogP contribution < -0.4 is 11.1 Å². The van der Waals surface area contributed by atoms with Gasteiger partial charge in [0.15, 0.2) is 0 Å². The third-order valence-electron chi connectivity index (χ3n) is 2.86. The van der Waals surface area contributed by atoms with E-state index in [0.717, 1.165) is 6.07 Å². The lowest BCUT2D eigenvalue weighted by Crippen LogP contribution is -2.37. The summed E-state index contributed by atoms with van der Waals surface area (Å²) in [4.78, 5) is 21.3. The van der Waals surface area contributed by atoms with Gasteiger partial charge in [-0.15, -0.1) is 0 Å². The van der Waals surface area contributed by atoms with E-state index in [2.05, 4.69) is 5.32 Å². The summed E-state index contributed by atoms with van der Waals surface area (Å²) < 4.78 is 13.3. The second-order valence-electron chi connectivity index (χ2n) is 4.98. The van der Waals surface area contributed by atoms with Gasteiger partial charge in [-0.2, -0.15) is 0 Å². The zero-order chi connectivity index (χ0) is 14.8. The first kappa shape index (κ1) is 14.9. The maximum atomic E-state index is 13.3. The Morgan fingerprint density at radius 1 is 1.53 bits per heavy atom. The van der Waals surface area contributed by atoms with Gasteiger partial charge in [-0.1, -0.05) is 0 Å². The van der Waals surface area contributed by atoms with Gasteiger partial charge < -0.3 is 11.1 Å². The number of nitro benzene ring substituents is 1. The second-order valence-corrected chi connectivity index (χ2v) is 4.98. The number of aryl methyl sites for hydroxylation is 1. The summed E-state index contributed by atoms with van der Waals surface area (Å²) in [5.41, 5.74) is 4.42. The Morgan fingerprint density at radius 3 is 2.58 bits per heavy atom. The number of nitrogens with one attached hydrogen (secondary N) is 1. The normalized spacial score (nSPS) is 11.2. The van der Waals surface area contributed by atoms with Crippen LogP contribution in [0.3, 0.4) is 0 Å². The van der Waals surface area contributed by atoms with Gasteiger partial charge in [0.2, 0.25) is 5.91 Å². The smallest absolute Gasteiger partial charge is 0.295 e. The van der Waals surface area contributed by atoms with Crippen molar-refractivity contribution in [1.82, 2.24) is 0 Å². The first-order valence-electron chi connectivity index (χ1n) is 5.63. The van der Waals surface area contributed by atoms with Crippen LogP contribution in [0.5, 0.6) is 0 Å². The summed E-state index contributed by atoms with van der Waals surface area (Å²) in [5, 5.41) is 13.6. The predicted octanol–water partition coefficient (Wildman–Crippen LogP) is 1.97. The average molecular weight is 269 g/mol. The monoisotopic (exact) mass is 269 g/mol. The van der Waals surface area contributed by atoms with Crippen LogP contribution in [0.1, 0.15) is 19.4 Å². The number of rotatable bonds is 5. The first-order chi connectivity index (χ1) is 8.65. The van der Waals surface area contributed by atoms with Gasteiger partial charge in [-0.3, -0.25) is 14.9 Å². The topological polar surface area (TPSA) is 98.3 Å². The number of carbonyl (C=O) groups is 1. The molecule has 1 aromatic rings. The molecule has 0 aliphatic heterocycles. The minimum atomic E-state index is -0.865. The molecule has 7 heteroatoms. The fraction of sp³-hybridized carbons (Fsp3) is 0.417. The Hall–Kier alpha value is -2.18. The molecule has 6 nitrogen and oxygen atoms in total. The molecule has 0 bridgehead atoms. The SMILES string of the molecule is Cc1cc(NCC(C)(C)C(N)=O)c([N+](=O)[O-])cc1F. The number of amides is 1. The van der Waals surface area contributed by atoms with Crippen LogP contribution in [-0.4, -0.2) is 17.4 Å². The van der Waals surface area contributed by atoms with E-state index in [1.807, 2.05) is 0 Å². The molecule has 0 aromatic heterocycles. The lowest BCUT2D eigenvalue weighted by Gasteiger charge is -2.21. The number of hydrogen-bond donors (Lipinski definition) is 2. The van der Waals surface area contributed by atoms with Gasteiger partial charge in [-0.05, 0) is 32.4 Å². The van der Waals surface area contributed by atoms with Gasteiger partial charge >= 0.3 is 0 Å². The first-order valence-corrected chi connectivity index (χ1v) is 5.63. The van der Waals surface area contributed by atoms with E-state index in [0.29, 0.717) is 0 Å². The zero-order valence-corrected chi connectivity index (χ0v) is 11.0. The van der Waals surface area contributed by atoms with Crippen molar-refractivity contribution in [2.24, 2.45) is 11.1 Å². The largest absolute Gasteiger partial charge is 0.378 e. The van der Waals surface area contributed by atoms with Gasteiger partial charge in [0.25, 0.3) is 5.69 Å². The van der Waals surface area contributed by atoms with Gasteiger partial charge in [0.1, 0.15) is 11.5 Å². The van der Waals surface area contributed by atoms with E-state index in [-0.39, 0.29) is 23.5 Å². The number of anilines is 1. The van der Waals surface area contributed by atoms with Crippen molar-refractivity contribution in [3.8, 4) is 0 Å². The Kier molecular flexibility index (Phi) is 4.08. The van der Waals surface area contributed by atoms with Crippen LogP contribution in [0, 0.1) is 28.3 Å². The van der Waals surface area contributed by atoms with Crippen LogP contribution in [-0.2, 0) is 4.79 Å². The molecule has 1 amide bonds. The van der Waals surface area contributed by atoms with Crippen molar-refractivity contribution in [2.75, 3.05) is 11.9 Å². The van der Waals surface area contributed by atoms with Gasteiger partial charge in [0, 0.05) is 6.54 Å². The summed E-state index contributed by atoms with van der Waals surface area (Å²) >= 11 is 0. The van der Waals surface area contributed by atoms with E-state index in [9.17, 15) is 19.3 Å². The standard InChI is InChI=1S/C12H16FN3O3/c1-7-4-9(10(16(18)19)5-8(7)13)15-6-12(2,3)11(14)17/h4-5,15H,6H2,1-3H3,(H2,14,17). The molecule has 0 spiro atoms. The minimum Gasteiger partial charge on any atom is -0.378 e. The van der Waals surface area contributed by atoms with Crippen LogP contribution in [0.4, 0.5) is 15.8 Å². The molecule has 0 saturated heterocycles. The number of nitrogens with two attached hydrogens (primary N) is 1. The number of primary amides is 1. The van der Waals surface area contributed by atoms with Crippen molar-refractivity contribution < 1.29 is 14.1 Å². The molecule has 19 heavy (non-hydrogen) atoms. The predicted molar refractivity (Wildman–Crippen MR) is 69.3 cm³/mol. The minimum absolute atomic E-state index is 0.119. The summed E-state index contributed by atoms with van der Waals surface area (Å²) in [6, 6.07) is 2.19. The Balaban J connectivity index is 3.04.